The van der Waals surface area contributed by atoms with E-state index in [0.29, 0.717) is 12.8 Å². The minimum absolute atomic E-state index is 0.191. The molecule has 9 N–H and O–H groups in total. The molecule has 14 heteroatoms. The van der Waals surface area contributed by atoms with Gasteiger partial charge >= 0.3 is 0 Å². The third kappa shape index (κ3) is 27.3. The van der Waals surface area contributed by atoms with Crippen molar-refractivity contribution in [3.05, 3.63) is 122 Å². The maximum Gasteiger partial charge on any atom is 0.220 e. The van der Waals surface area contributed by atoms with Gasteiger partial charge < -0.3 is 65.1 Å². The van der Waals surface area contributed by atoms with Crippen molar-refractivity contribution < 1.29 is 64.6 Å². The summed E-state index contributed by atoms with van der Waals surface area (Å²) in [5.74, 6) is -0.309. The number of hydrogen-bond donors (Lipinski definition) is 9. The van der Waals surface area contributed by atoms with Crippen molar-refractivity contribution in [3.63, 3.8) is 0 Å². The van der Waals surface area contributed by atoms with Crippen molar-refractivity contribution in [1.29, 1.82) is 0 Å². The van der Waals surface area contributed by atoms with Crippen molar-refractivity contribution >= 4 is 5.91 Å². The Bertz CT molecular complexity index is 1630. The van der Waals surface area contributed by atoms with Gasteiger partial charge in [-0.3, -0.25) is 4.79 Å². The highest BCUT2D eigenvalue weighted by Gasteiger charge is 2.51. The number of aliphatic hydroxyl groups is 8. The first-order valence-corrected chi connectivity index (χ1v) is 25.8. The fourth-order valence-corrected chi connectivity index (χ4v) is 7.46. The van der Waals surface area contributed by atoms with Crippen LogP contribution in [0.15, 0.2) is 122 Å². The van der Waals surface area contributed by atoms with Crippen LogP contribution in [0.5, 0.6) is 0 Å². The predicted octanol–water partition coefficient (Wildman–Crippen LogP) is 7.10. The Morgan fingerprint density at radius 3 is 1.49 bits per heavy atom. The summed E-state index contributed by atoms with van der Waals surface area (Å²) in [6.07, 6.45) is 41.4. The lowest BCUT2D eigenvalue weighted by molar-refractivity contribution is -0.359. The molecule has 0 aliphatic carbocycles. The van der Waals surface area contributed by atoms with Gasteiger partial charge in [0.2, 0.25) is 5.91 Å². The van der Waals surface area contributed by atoms with Gasteiger partial charge in [-0.05, 0) is 83.5 Å². The number of aliphatic hydroxyl groups excluding tert-OH is 8. The summed E-state index contributed by atoms with van der Waals surface area (Å²) in [7, 11) is 0. The van der Waals surface area contributed by atoms with E-state index >= 15 is 0 Å². The molecular formula is C56H89NO13. The van der Waals surface area contributed by atoms with E-state index in [9.17, 15) is 45.6 Å². The molecule has 12 unspecified atom stereocenters. The van der Waals surface area contributed by atoms with Crippen LogP contribution in [0.4, 0.5) is 0 Å². The Morgan fingerprint density at radius 1 is 0.529 bits per heavy atom. The standard InChI is InChI=1S/C56H89NO13/c1-3-5-7-9-11-12-13-14-15-16-17-18-19-20-21-22-23-24-25-26-27-28-29-30-31-32-34-36-38-40-48(61)57-44(45(60)39-37-35-33-10-8-6-4-2)43-67-55-53(66)51(64)54(47(42-59)69-55)70-56-52(65)50(63)49(62)46(41-58)68-56/h5,7,11-12,14-15,17-18,20-21,23-24,26-27,29-30,32,34,37,39,44-47,49-56,58-60,62-66H,3-4,6,8-10,13,16,19,22,25,28,31,33,35-36,38,40-43H2,1-2H3,(H,57,61)/b7-5-,12-11-,15-14-,18-17-,21-20-,24-23-,27-26-,30-29-,34-32-,39-37+. The average Bonchev–Trinajstić information content (AvgIpc) is 3.36. The lowest BCUT2D eigenvalue weighted by Crippen LogP contribution is -2.65. The van der Waals surface area contributed by atoms with Crippen molar-refractivity contribution in [2.24, 2.45) is 0 Å². The smallest absolute Gasteiger partial charge is 0.220 e. The average molecular weight is 984 g/mol. The number of hydrogen-bond acceptors (Lipinski definition) is 13. The number of allylic oxidation sites excluding steroid dienone is 19. The quantitative estimate of drug-likeness (QED) is 0.0224. The number of nitrogens with one attached hydrogen (secondary N) is 1. The van der Waals surface area contributed by atoms with Crippen LogP contribution in [0.3, 0.4) is 0 Å². The molecule has 0 aromatic heterocycles. The van der Waals surface area contributed by atoms with Gasteiger partial charge in [-0.2, -0.15) is 0 Å². The van der Waals surface area contributed by atoms with Gasteiger partial charge in [0, 0.05) is 6.42 Å². The van der Waals surface area contributed by atoms with Crippen LogP contribution in [0, 0.1) is 0 Å². The summed E-state index contributed by atoms with van der Waals surface area (Å²) in [5, 5.41) is 86.3. The lowest BCUT2D eigenvalue weighted by atomic mass is 9.97. The van der Waals surface area contributed by atoms with Gasteiger partial charge in [-0.25, -0.2) is 0 Å². The first-order valence-electron chi connectivity index (χ1n) is 25.8. The molecule has 2 rings (SSSR count). The number of carbonyl (C=O) groups excluding carboxylic acids is 1. The summed E-state index contributed by atoms with van der Waals surface area (Å²) in [6, 6.07) is -0.951. The molecular weight excluding hydrogens is 895 g/mol. The molecule has 0 saturated carbocycles. The highest BCUT2D eigenvalue weighted by molar-refractivity contribution is 5.76. The van der Waals surface area contributed by atoms with E-state index in [1.807, 2.05) is 12.2 Å². The highest BCUT2D eigenvalue weighted by atomic mass is 16.7. The Labute approximate surface area is 418 Å². The van der Waals surface area contributed by atoms with Crippen molar-refractivity contribution in [2.45, 2.75) is 203 Å². The molecule has 1 amide bonds. The van der Waals surface area contributed by atoms with Gasteiger partial charge in [-0.1, -0.05) is 161 Å². The van der Waals surface area contributed by atoms with Crippen LogP contribution in [-0.2, 0) is 23.7 Å². The third-order valence-electron chi connectivity index (χ3n) is 11.7. The van der Waals surface area contributed by atoms with E-state index in [0.717, 1.165) is 96.3 Å². The zero-order valence-corrected chi connectivity index (χ0v) is 41.9. The summed E-state index contributed by atoms with van der Waals surface area (Å²) in [4.78, 5) is 13.1. The Balaban J connectivity index is 1.74. The summed E-state index contributed by atoms with van der Waals surface area (Å²) in [5.41, 5.74) is 0. The second kappa shape index (κ2) is 40.9. The van der Waals surface area contributed by atoms with Gasteiger partial charge in [-0.15, -0.1) is 0 Å². The SMILES string of the molecule is CC/C=C\C/C=C\C/C=C\C/C=C\C/C=C\C/C=C\C/C=C\C/C=C\C/C=C\CCCC(=O)NC(COC1OC(CO)C(OC2OC(CO)C(O)C(O)C2O)C(O)C1O)C(O)/C=C/CCCCCCC. The molecule has 396 valence electrons. The molecule has 12 atom stereocenters. The van der Waals surface area contributed by atoms with Crippen LogP contribution < -0.4 is 5.32 Å². The maximum absolute atomic E-state index is 13.1. The molecule has 0 aromatic rings. The van der Waals surface area contributed by atoms with E-state index < -0.39 is 86.8 Å². The molecule has 0 spiro atoms. The first-order chi connectivity index (χ1) is 34.1. The molecule has 0 bridgehead atoms. The van der Waals surface area contributed by atoms with Crippen LogP contribution in [-0.4, -0.2) is 140 Å². The number of ether oxygens (including phenoxy) is 4. The van der Waals surface area contributed by atoms with Gasteiger partial charge in [0.1, 0.15) is 48.8 Å². The van der Waals surface area contributed by atoms with Gasteiger partial charge in [0.05, 0.1) is 32.0 Å². The zero-order chi connectivity index (χ0) is 51.0. The van der Waals surface area contributed by atoms with Crippen LogP contribution in [0.2, 0.25) is 0 Å². The Morgan fingerprint density at radius 2 is 0.986 bits per heavy atom. The monoisotopic (exact) mass is 984 g/mol. The minimum atomic E-state index is -1.80. The lowest BCUT2D eigenvalue weighted by Gasteiger charge is -2.46. The second-order valence-electron chi connectivity index (χ2n) is 17.6. The van der Waals surface area contributed by atoms with E-state index in [1.165, 1.54) is 0 Å². The number of unbranched alkanes of at least 4 members (excludes halogenated alkanes) is 6. The van der Waals surface area contributed by atoms with E-state index in [4.69, 9.17) is 18.9 Å². The summed E-state index contributed by atoms with van der Waals surface area (Å²) >= 11 is 0. The van der Waals surface area contributed by atoms with Gasteiger partial charge in [0.15, 0.2) is 12.6 Å². The first kappa shape index (κ1) is 62.5. The third-order valence-corrected chi connectivity index (χ3v) is 11.7. The van der Waals surface area contributed by atoms with Gasteiger partial charge in [0.25, 0.3) is 0 Å². The molecule has 2 fully saturated rings. The van der Waals surface area contributed by atoms with E-state index in [-0.39, 0.29) is 18.9 Å². The maximum atomic E-state index is 13.1. The normalized spacial score (nSPS) is 27.0. The Hall–Kier alpha value is -3.61. The largest absolute Gasteiger partial charge is 0.394 e. The molecule has 14 nitrogen and oxygen atoms in total. The topological polar surface area (TPSA) is 228 Å². The summed E-state index contributed by atoms with van der Waals surface area (Å²) < 4.78 is 22.6. The molecule has 70 heavy (non-hydrogen) atoms. The van der Waals surface area contributed by atoms with Crippen molar-refractivity contribution in [3.8, 4) is 0 Å². The predicted molar refractivity (Wildman–Crippen MR) is 276 cm³/mol. The zero-order valence-electron chi connectivity index (χ0n) is 41.9. The van der Waals surface area contributed by atoms with Crippen LogP contribution >= 0.6 is 0 Å². The fourth-order valence-electron chi connectivity index (χ4n) is 7.46. The van der Waals surface area contributed by atoms with E-state index in [2.05, 4.69) is 122 Å². The number of amides is 1. The van der Waals surface area contributed by atoms with Crippen LogP contribution in [0.25, 0.3) is 0 Å². The van der Waals surface area contributed by atoms with E-state index in [1.54, 1.807) is 6.08 Å². The fraction of sp³-hybridized carbons (Fsp3) is 0.625. The molecule has 0 radical (unpaired) electrons. The molecule has 2 aliphatic heterocycles. The molecule has 0 aromatic carbocycles. The number of carbonyl (C=O) groups is 1. The van der Waals surface area contributed by atoms with Crippen molar-refractivity contribution in [1.82, 2.24) is 5.32 Å². The second-order valence-corrected chi connectivity index (χ2v) is 17.6. The highest BCUT2D eigenvalue weighted by Crippen LogP contribution is 2.30. The Kier molecular flexibility index (Phi) is 36.5. The number of rotatable bonds is 37. The molecule has 2 heterocycles. The molecule has 2 aliphatic rings. The van der Waals surface area contributed by atoms with Crippen LogP contribution in [0.1, 0.15) is 129 Å². The summed E-state index contributed by atoms with van der Waals surface area (Å²) in [6.45, 7) is 2.52. The van der Waals surface area contributed by atoms with Crippen molar-refractivity contribution in [2.75, 3.05) is 19.8 Å². The molecule has 2 saturated heterocycles. The minimum Gasteiger partial charge on any atom is -0.394 e.